The quantitative estimate of drug-likeness (QED) is 0.943. The number of nitrogens with zero attached hydrogens (tertiary/aromatic N) is 2. The zero-order chi connectivity index (χ0) is 14.9. The first-order valence-electron chi connectivity index (χ1n) is 5.59. The highest BCUT2D eigenvalue weighted by atomic mass is 32.2. The summed E-state index contributed by atoms with van der Waals surface area (Å²) >= 11 is 0. The molecule has 0 fully saturated rings. The van der Waals surface area contributed by atoms with Gasteiger partial charge in [-0.05, 0) is 32.0 Å². The fourth-order valence-electron chi connectivity index (χ4n) is 1.64. The number of hydrogen-bond acceptors (Lipinski definition) is 4. The Hall–Kier alpha value is -2.09. The molecule has 0 aliphatic carbocycles. The van der Waals surface area contributed by atoms with Gasteiger partial charge >= 0.3 is 0 Å². The minimum absolute atomic E-state index is 0.189. The van der Waals surface area contributed by atoms with Gasteiger partial charge in [0.25, 0.3) is 10.0 Å². The fraction of sp³-hybridized carbons (Fsp3) is 0.167. The molecule has 1 heterocycles. The molecule has 5 nitrogen and oxygen atoms in total. The van der Waals surface area contributed by atoms with E-state index in [1.165, 1.54) is 0 Å². The van der Waals surface area contributed by atoms with Crippen LogP contribution >= 0.6 is 0 Å². The summed E-state index contributed by atoms with van der Waals surface area (Å²) in [6.07, 6.45) is 0. The Balaban J connectivity index is 2.43. The van der Waals surface area contributed by atoms with Crippen LogP contribution in [-0.4, -0.2) is 18.4 Å². The minimum Gasteiger partial charge on any atom is -0.247 e. The van der Waals surface area contributed by atoms with Crippen LogP contribution in [0.25, 0.3) is 0 Å². The van der Waals surface area contributed by atoms with E-state index in [4.69, 9.17) is 0 Å². The summed E-state index contributed by atoms with van der Waals surface area (Å²) in [6, 6.07) is 4.56. The molecule has 106 valence electrons. The van der Waals surface area contributed by atoms with Crippen molar-refractivity contribution in [3.05, 3.63) is 47.3 Å². The molecule has 0 saturated heterocycles. The SMILES string of the molecule is Cc1cc(C)nc(NS(=O)(=O)c2cccc(F)c2F)n1. The van der Waals surface area contributed by atoms with Crippen LogP contribution in [0, 0.1) is 25.5 Å². The zero-order valence-electron chi connectivity index (χ0n) is 10.7. The van der Waals surface area contributed by atoms with E-state index in [1.807, 2.05) is 4.72 Å². The Morgan fingerprint density at radius 1 is 1.10 bits per heavy atom. The Morgan fingerprint density at radius 2 is 1.70 bits per heavy atom. The molecule has 1 aromatic heterocycles. The van der Waals surface area contributed by atoms with Gasteiger partial charge in [-0.25, -0.2) is 31.9 Å². The van der Waals surface area contributed by atoms with E-state index in [0.29, 0.717) is 11.4 Å². The molecule has 1 N–H and O–H groups in total. The van der Waals surface area contributed by atoms with Gasteiger partial charge in [0.2, 0.25) is 5.95 Å². The number of anilines is 1. The van der Waals surface area contributed by atoms with E-state index < -0.39 is 26.6 Å². The van der Waals surface area contributed by atoms with E-state index in [1.54, 1.807) is 19.9 Å². The van der Waals surface area contributed by atoms with Crippen molar-refractivity contribution in [2.45, 2.75) is 18.7 Å². The third kappa shape index (κ3) is 2.90. The van der Waals surface area contributed by atoms with Crippen LogP contribution < -0.4 is 4.72 Å². The van der Waals surface area contributed by atoms with Gasteiger partial charge in [0.15, 0.2) is 11.6 Å². The lowest BCUT2D eigenvalue weighted by Crippen LogP contribution is -2.17. The van der Waals surface area contributed by atoms with Crippen LogP contribution in [0.5, 0.6) is 0 Å². The van der Waals surface area contributed by atoms with Crippen molar-refractivity contribution in [1.29, 1.82) is 0 Å². The second-order valence-electron chi connectivity index (χ2n) is 4.13. The van der Waals surface area contributed by atoms with E-state index in [0.717, 1.165) is 18.2 Å². The lowest BCUT2D eigenvalue weighted by molar-refractivity contribution is 0.485. The summed E-state index contributed by atoms with van der Waals surface area (Å²) in [4.78, 5) is 6.97. The highest BCUT2D eigenvalue weighted by Crippen LogP contribution is 2.19. The normalized spacial score (nSPS) is 11.4. The van der Waals surface area contributed by atoms with Crippen LogP contribution in [0.1, 0.15) is 11.4 Å². The Labute approximate surface area is 114 Å². The summed E-state index contributed by atoms with van der Waals surface area (Å²) < 4.78 is 52.6. The maximum Gasteiger partial charge on any atom is 0.267 e. The third-order valence-corrected chi connectivity index (χ3v) is 3.76. The molecule has 0 amide bonds. The Kier molecular flexibility index (Phi) is 3.67. The molecule has 0 spiro atoms. The lowest BCUT2D eigenvalue weighted by atomic mass is 10.3. The molecule has 0 aliphatic heterocycles. The molecule has 2 rings (SSSR count). The van der Waals surface area contributed by atoms with Crippen molar-refractivity contribution in [1.82, 2.24) is 9.97 Å². The first kappa shape index (κ1) is 14.3. The second-order valence-corrected chi connectivity index (χ2v) is 5.78. The number of aromatic nitrogens is 2. The molecule has 2 aromatic rings. The predicted octanol–water partition coefficient (Wildman–Crippen LogP) is 2.17. The summed E-state index contributed by atoms with van der Waals surface area (Å²) in [6.45, 7) is 3.32. The highest BCUT2D eigenvalue weighted by molar-refractivity contribution is 7.92. The molecule has 8 heteroatoms. The largest absolute Gasteiger partial charge is 0.267 e. The summed E-state index contributed by atoms with van der Waals surface area (Å²) in [5, 5.41) is 0. The van der Waals surface area contributed by atoms with Crippen molar-refractivity contribution in [3.63, 3.8) is 0 Å². The van der Waals surface area contributed by atoms with Crippen molar-refractivity contribution in [2.24, 2.45) is 0 Å². The third-order valence-electron chi connectivity index (χ3n) is 2.41. The fourth-order valence-corrected chi connectivity index (χ4v) is 2.67. The monoisotopic (exact) mass is 299 g/mol. The van der Waals surface area contributed by atoms with Gasteiger partial charge in [0, 0.05) is 11.4 Å². The Bertz CT molecular complexity index is 743. The number of nitrogens with one attached hydrogen (secondary N) is 1. The van der Waals surface area contributed by atoms with E-state index in [-0.39, 0.29) is 5.95 Å². The number of hydrogen-bond donors (Lipinski definition) is 1. The van der Waals surface area contributed by atoms with Gasteiger partial charge < -0.3 is 0 Å². The molecular formula is C12H11F2N3O2S. The van der Waals surface area contributed by atoms with Crippen LogP contribution in [0.2, 0.25) is 0 Å². The molecule has 20 heavy (non-hydrogen) atoms. The van der Waals surface area contributed by atoms with E-state index in [9.17, 15) is 17.2 Å². The topological polar surface area (TPSA) is 72.0 Å². The summed E-state index contributed by atoms with van der Waals surface area (Å²) in [7, 11) is -4.29. The van der Waals surface area contributed by atoms with Crippen molar-refractivity contribution >= 4 is 16.0 Å². The summed E-state index contributed by atoms with van der Waals surface area (Å²) in [5.74, 6) is -2.87. The Morgan fingerprint density at radius 3 is 2.30 bits per heavy atom. The molecule has 0 aliphatic rings. The smallest absolute Gasteiger partial charge is 0.247 e. The van der Waals surface area contributed by atoms with E-state index in [2.05, 4.69) is 9.97 Å². The average molecular weight is 299 g/mol. The summed E-state index contributed by atoms with van der Waals surface area (Å²) in [5.41, 5.74) is 1.10. The molecular weight excluding hydrogens is 288 g/mol. The molecule has 0 atom stereocenters. The second kappa shape index (κ2) is 5.12. The first-order chi connectivity index (χ1) is 9.29. The van der Waals surface area contributed by atoms with Crippen molar-refractivity contribution < 1.29 is 17.2 Å². The van der Waals surface area contributed by atoms with Crippen molar-refractivity contribution in [3.8, 4) is 0 Å². The number of benzene rings is 1. The van der Waals surface area contributed by atoms with Gasteiger partial charge in [0.05, 0.1) is 0 Å². The van der Waals surface area contributed by atoms with Gasteiger partial charge in [-0.2, -0.15) is 0 Å². The standard InChI is InChI=1S/C12H11F2N3O2S/c1-7-6-8(2)16-12(15-7)17-20(18,19)10-5-3-4-9(13)11(10)14/h3-6H,1-2H3,(H,15,16,17). The maximum absolute atomic E-state index is 13.5. The number of aryl methyl sites for hydroxylation is 2. The van der Waals surface area contributed by atoms with Gasteiger partial charge in [-0.15, -0.1) is 0 Å². The van der Waals surface area contributed by atoms with Crippen LogP contribution in [0.4, 0.5) is 14.7 Å². The van der Waals surface area contributed by atoms with Crippen LogP contribution in [0.15, 0.2) is 29.2 Å². The van der Waals surface area contributed by atoms with Gasteiger partial charge in [0.1, 0.15) is 4.90 Å². The van der Waals surface area contributed by atoms with Gasteiger partial charge in [-0.3, -0.25) is 0 Å². The number of rotatable bonds is 3. The minimum atomic E-state index is -4.29. The molecule has 0 saturated carbocycles. The van der Waals surface area contributed by atoms with E-state index >= 15 is 0 Å². The number of sulfonamides is 1. The predicted molar refractivity (Wildman–Crippen MR) is 68.7 cm³/mol. The molecule has 1 aromatic carbocycles. The molecule has 0 radical (unpaired) electrons. The first-order valence-corrected chi connectivity index (χ1v) is 7.07. The molecule has 0 unspecified atom stereocenters. The molecule has 0 bridgehead atoms. The van der Waals surface area contributed by atoms with Gasteiger partial charge in [-0.1, -0.05) is 6.07 Å². The van der Waals surface area contributed by atoms with Crippen LogP contribution in [0.3, 0.4) is 0 Å². The zero-order valence-corrected chi connectivity index (χ0v) is 11.5. The van der Waals surface area contributed by atoms with Crippen molar-refractivity contribution in [2.75, 3.05) is 4.72 Å². The maximum atomic E-state index is 13.5. The lowest BCUT2D eigenvalue weighted by Gasteiger charge is -2.08. The van der Waals surface area contributed by atoms with Crippen LogP contribution in [-0.2, 0) is 10.0 Å². The number of halogens is 2. The average Bonchev–Trinajstić information content (AvgIpc) is 2.30. The highest BCUT2D eigenvalue weighted by Gasteiger charge is 2.22.